The van der Waals surface area contributed by atoms with Gasteiger partial charge >= 0.3 is 23.9 Å². The second kappa shape index (κ2) is 17.7. The number of amides is 5. The minimum atomic E-state index is -1.97. The maximum absolute atomic E-state index is 12.8. The van der Waals surface area contributed by atoms with E-state index in [9.17, 15) is 53.4 Å². The molecule has 13 N–H and O–H groups in total. The van der Waals surface area contributed by atoms with E-state index in [4.69, 9.17) is 26.8 Å². The quantitative estimate of drug-likeness (QED) is 0.0627. The van der Waals surface area contributed by atoms with Crippen LogP contribution in [0, 0.1) is 0 Å². The molecule has 0 aliphatic carbocycles. The summed E-state index contributed by atoms with van der Waals surface area (Å²) in [6.45, 7) is -1.07. The Hall–Kier alpha value is -4.85. The number of rotatable bonds is 20. The predicted molar refractivity (Wildman–Crippen MR) is 130 cm³/mol. The molecule has 0 unspecified atom stereocenters. The molecule has 0 radical (unpaired) electrons. The average molecular weight is 593 g/mol. The van der Waals surface area contributed by atoms with Crippen LogP contribution >= 0.6 is 0 Å². The molecule has 20 nitrogen and oxygen atoms in total. The van der Waals surface area contributed by atoms with Crippen molar-refractivity contribution in [2.24, 2.45) is 11.5 Å². The zero-order valence-electron chi connectivity index (χ0n) is 21.4. The zero-order chi connectivity index (χ0) is 31.9. The van der Waals surface area contributed by atoms with Crippen LogP contribution in [0.25, 0.3) is 0 Å². The summed E-state index contributed by atoms with van der Waals surface area (Å²) in [4.78, 5) is 106. The Morgan fingerprint density at radius 3 is 1.41 bits per heavy atom. The minimum absolute atomic E-state index is 0.564. The van der Waals surface area contributed by atoms with Gasteiger partial charge in [-0.2, -0.15) is 0 Å². The highest BCUT2D eigenvalue weighted by Crippen LogP contribution is 2.05. The Bertz CT molecular complexity index is 1030. The van der Waals surface area contributed by atoms with Gasteiger partial charge in [-0.1, -0.05) is 0 Å². The van der Waals surface area contributed by atoms with Gasteiger partial charge < -0.3 is 58.3 Å². The lowest BCUT2D eigenvalue weighted by Crippen LogP contribution is -2.59. The third-order valence-electron chi connectivity index (χ3n) is 5.13. The summed E-state index contributed by atoms with van der Waals surface area (Å²) >= 11 is 0. The summed E-state index contributed by atoms with van der Waals surface area (Å²) < 4.78 is 0. The SMILES string of the molecule is NC(=O)C[C@H](N)C(=O)N[C@H](CO)C(=O)N[C@H](CC(=O)O)C(=O)N[C@H](CCC(=O)O)C(=O)N[C@H](CCC(=O)O)C(=O)O. The summed E-state index contributed by atoms with van der Waals surface area (Å²) in [6.07, 6.45) is -4.30. The van der Waals surface area contributed by atoms with Crippen molar-refractivity contribution in [1.29, 1.82) is 0 Å². The van der Waals surface area contributed by atoms with Crippen molar-refractivity contribution in [1.82, 2.24) is 21.3 Å². The molecule has 20 heteroatoms. The van der Waals surface area contributed by atoms with Crippen LogP contribution in [0.15, 0.2) is 0 Å². The summed E-state index contributed by atoms with van der Waals surface area (Å²) in [7, 11) is 0. The van der Waals surface area contributed by atoms with E-state index in [-0.39, 0.29) is 0 Å². The van der Waals surface area contributed by atoms with Gasteiger partial charge in [-0.25, -0.2) is 4.79 Å². The molecule has 0 aromatic heterocycles. The van der Waals surface area contributed by atoms with E-state index < -0.39 is 129 Å². The molecule has 0 aromatic carbocycles. The number of aliphatic hydroxyl groups is 1. The Morgan fingerprint density at radius 1 is 0.561 bits per heavy atom. The molecule has 5 atom stereocenters. The van der Waals surface area contributed by atoms with Crippen LogP contribution in [0.1, 0.15) is 38.5 Å². The van der Waals surface area contributed by atoms with E-state index in [1.807, 2.05) is 21.3 Å². The Balaban J connectivity index is 5.77. The number of hydrogen-bond donors (Lipinski definition) is 11. The third-order valence-corrected chi connectivity index (χ3v) is 5.13. The number of hydrogen-bond acceptors (Lipinski definition) is 11. The lowest BCUT2D eigenvalue weighted by molar-refractivity contribution is -0.145. The Kier molecular flexibility index (Phi) is 15.6. The first-order valence-corrected chi connectivity index (χ1v) is 11.7. The van der Waals surface area contributed by atoms with Gasteiger partial charge in [-0.15, -0.1) is 0 Å². The molecule has 0 fully saturated rings. The highest BCUT2D eigenvalue weighted by Gasteiger charge is 2.33. The van der Waals surface area contributed by atoms with Crippen molar-refractivity contribution in [2.75, 3.05) is 6.61 Å². The lowest BCUT2D eigenvalue weighted by Gasteiger charge is -2.25. The van der Waals surface area contributed by atoms with Crippen LogP contribution in [-0.4, -0.2) is 116 Å². The minimum Gasteiger partial charge on any atom is -0.481 e. The second-order valence-electron chi connectivity index (χ2n) is 8.51. The fraction of sp³-hybridized carbons (Fsp3) is 0.571. The first kappa shape index (κ1) is 36.1. The second-order valence-corrected chi connectivity index (χ2v) is 8.51. The smallest absolute Gasteiger partial charge is 0.326 e. The number of carbonyl (C=O) groups excluding carboxylic acids is 5. The maximum atomic E-state index is 12.8. The number of nitrogens with two attached hydrogens (primary N) is 2. The first-order valence-electron chi connectivity index (χ1n) is 11.7. The monoisotopic (exact) mass is 592 g/mol. The molecule has 0 bridgehead atoms. The number of nitrogens with one attached hydrogen (secondary N) is 4. The zero-order valence-corrected chi connectivity index (χ0v) is 21.4. The maximum Gasteiger partial charge on any atom is 0.326 e. The topological polar surface area (TPSA) is 355 Å². The summed E-state index contributed by atoms with van der Waals surface area (Å²) in [5.74, 6) is -12.0. The number of aliphatic carboxylic acids is 4. The Labute approximate surface area is 230 Å². The molecule has 5 amide bonds. The van der Waals surface area contributed by atoms with E-state index in [0.717, 1.165) is 0 Å². The van der Waals surface area contributed by atoms with Crippen molar-refractivity contribution in [2.45, 2.75) is 68.7 Å². The molecule has 0 aliphatic heterocycles. The van der Waals surface area contributed by atoms with Crippen LogP contribution in [0.3, 0.4) is 0 Å². The van der Waals surface area contributed by atoms with Crippen LogP contribution in [0.5, 0.6) is 0 Å². The fourth-order valence-corrected chi connectivity index (χ4v) is 3.04. The number of carboxylic acid groups (broad SMARTS) is 4. The molecule has 0 heterocycles. The van der Waals surface area contributed by atoms with Crippen molar-refractivity contribution >= 4 is 53.4 Å². The van der Waals surface area contributed by atoms with Crippen LogP contribution in [0.4, 0.5) is 0 Å². The van der Waals surface area contributed by atoms with Crippen molar-refractivity contribution in [3.8, 4) is 0 Å². The van der Waals surface area contributed by atoms with Gasteiger partial charge in [-0.3, -0.25) is 38.4 Å². The van der Waals surface area contributed by atoms with E-state index in [2.05, 4.69) is 0 Å². The van der Waals surface area contributed by atoms with Gasteiger partial charge in [0, 0.05) is 12.8 Å². The molecule has 0 saturated carbocycles. The number of aliphatic hydroxyl groups excluding tert-OH is 1. The van der Waals surface area contributed by atoms with Gasteiger partial charge in [0.05, 0.1) is 25.5 Å². The number of primary amides is 1. The van der Waals surface area contributed by atoms with E-state index in [1.165, 1.54) is 0 Å². The summed E-state index contributed by atoms with van der Waals surface area (Å²) in [6, 6.07) is -8.79. The van der Waals surface area contributed by atoms with Crippen molar-refractivity contribution < 1.29 is 68.7 Å². The molecule has 0 rings (SSSR count). The van der Waals surface area contributed by atoms with Crippen molar-refractivity contribution in [3.05, 3.63) is 0 Å². The largest absolute Gasteiger partial charge is 0.481 e. The van der Waals surface area contributed by atoms with Crippen LogP contribution < -0.4 is 32.7 Å². The molecular weight excluding hydrogens is 560 g/mol. The van der Waals surface area contributed by atoms with Crippen molar-refractivity contribution in [3.63, 3.8) is 0 Å². The van der Waals surface area contributed by atoms with E-state index in [0.29, 0.717) is 0 Å². The van der Waals surface area contributed by atoms with E-state index >= 15 is 0 Å². The third kappa shape index (κ3) is 14.8. The standard InChI is InChI=1S/C21H32N6O14/c22-8(5-13(23)29)17(36)27-12(7-28)20(39)26-11(6-16(34)35)19(38)24-9(1-3-14(30)31)18(37)25-10(21(40)41)2-4-15(32)33/h8-12,28H,1-7,22H2,(H2,23,29)(H,24,38)(H,25,37)(H,26,39)(H,27,36)(H,30,31)(H,32,33)(H,34,35)(H,40,41)/t8-,9+,10+,11+,12+/m0/s1. The highest BCUT2D eigenvalue weighted by atomic mass is 16.4. The summed E-state index contributed by atoms with van der Waals surface area (Å²) in [5.41, 5.74) is 10.4. The normalized spacial score (nSPS) is 14.2. The van der Waals surface area contributed by atoms with Gasteiger partial charge in [0.25, 0.3) is 0 Å². The van der Waals surface area contributed by atoms with Gasteiger partial charge in [0.1, 0.15) is 24.2 Å². The van der Waals surface area contributed by atoms with Gasteiger partial charge in [-0.05, 0) is 12.8 Å². The molecule has 0 spiro atoms. The average Bonchev–Trinajstić information content (AvgIpc) is 2.85. The highest BCUT2D eigenvalue weighted by molar-refractivity contribution is 5.97. The Morgan fingerprint density at radius 2 is 0.976 bits per heavy atom. The van der Waals surface area contributed by atoms with Gasteiger partial charge in [0.2, 0.25) is 29.5 Å². The molecule has 0 saturated heterocycles. The molecule has 0 aromatic rings. The number of carbonyl (C=O) groups is 9. The predicted octanol–water partition coefficient (Wildman–Crippen LogP) is -5.59. The lowest BCUT2D eigenvalue weighted by atomic mass is 10.1. The fourth-order valence-electron chi connectivity index (χ4n) is 3.04. The first-order chi connectivity index (χ1) is 19.0. The van der Waals surface area contributed by atoms with Crippen LogP contribution in [0.2, 0.25) is 0 Å². The molecule has 230 valence electrons. The van der Waals surface area contributed by atoms with Crippen LogP contribution in [-0.2, 0) is 43.2 Å². The van der Waals surface area contributed by atoms with Gasteiger partial charge in [0.15, 0.2) is 0 Å². The molecule has 41 heavy (non-hydrogen) atoms. The molecule has 0 aliphatic rings. The number of carboxylic acids is 4. The summed E-state index contributed by atoms with van der Waals surface area (Å²) in [5, 5.41) is 53.5. The molecular formula is C21H32N6O14. The van der Waals surface area contributed by atoms with E-state index in [1.54, 1.807) is 0 Å².